The normalized spacial score (nSPS) is 16.1. The van der Waals surface area contributed by atoms with Crippen molar-refractivity contribution in [2.24, 2.45) is 35.1 Å². The highest BCUT2D eigenvalue weighted by Gasteiger charge is 2.48. The Hall–Kier alpha value is -10.6. The Morgan fingerprint density at radius 2 is 0.772 bits per heavy atom. The van der Waals surface area contributed by atoms with Crippen LogP contribution in [-0.2, 0) is 95.9 Å². The van der Waals surface area contributed by atoms with Crippen LogP contribution in [0.15, 0.2) is 0 Å². The van der Waals surface area contributed by atoms with Gasteiger partial charge in [-0.1, -0.05) is 75.7 Å². The van der Waals surface area contributed by atoms with Crippen molar-refractivity contribution in [2.75, 3.05) is 26.2 Å². The summed E-state index contributed by atoms with van der Waals surface area (Å²) in [5.74, 6) is -17.0. The minimum absolute atomic E-state index is 0.0131. The van der Waals surface area contributed by atoms with Gasteiger partial charge in [-0.3, -0.25) is 95.9 Å². The van der Waals surface area contributed by atoms with E-state index in [0.717, 1.165) is 0 Å². The zero-order valence-corrected chi connectivity index (χ0v) is 77.0. The van der Waals surface area contributed by atoms with E-state index in [1.54, 1.807) is 48.5 Å². The zero-order chi connectivity index (χ0) is 95.4. The van der Waals surface area contributed by atoms with Crippen molar-refractivity contribution in [1.29, 1.82) is 0 Å². The van der Waals surface area contributed by atoms with Crippen LogP contribution >= 0.6 is 0 Å². The van der Waals surface area contributed by atoms with E-state index < -0.39 is 249 Å². The first kappa shape index (κ1) is 110. The molecule has 0 spiro atoms. The molecule has 0 saturated carbocycles. The van der Waals surface area contributed by atoms with Crippen molar-refractivity contribution < 1.29 is 101 Å². The first-order valence-corrected chi connectivity index (χ1v) is 42.0. The van der Waals surface area contributed by atoms with Gasteiger partial charge in [-0.05, 0) is 185 Å². The Balaban J connectivity index is 3.27. The van der Waals surface area contributed by atoms with Gasteiger partial charge in [-0.25, -0.2) is 0 Å². The summed E-state index contributed by atoms with van der Waals surface area (Å²) in [6.45, 7) is 37.3. The molecule has 20 amide bonds. The van der Waals surface area contributed by atoms with E-state index in [4.69, 9.17) is 11.5 Å². The molecule has 698 valence electrons. The average Bonchev–Trinajstić information content (AvgIpc) is 1.78. The van der Waals surface area contributed by atoms with Gasteiger partial charge in [0.05, 0.1) is 25.7 Å². The van der Waals surface area contributed by atoms with Gasteiger partial charge in [0.2, 0.25) is 118 Å². The summed E-state index contributed by atoms with van der Waals surface area (Å²) >= 11 is 0. The zero-order valence-electron chi connectivity index (χ0n) is 77.0. The smallest absolute Gasteiger partial charge is 0.248 e. The van der Waals surface area contributed by atoms with E-state index in [-0.39, 0.29) is 75.7 Å². The Morgan fingerprint density at radius 1 is 0.398 bits per heavy atom. The van der Waals surface area contributed by atoms with Crippen molar-refractivity contribution in [2.45, 2.75) is 350 Å². The Labute approximate surface area is 722 Å². The standard InChI is InChI=1S/C82H144N20O21/c1-27-46(10)59(93-69(118)77(17,18)96-62(111)51(33-35-56(84)106)92-73(122)82(26,29-3)100-70(119)78(19,20)95-60(109)47(11)87-57(107)40-85-67(116)75(13,14)94-48(12)104)66(115)99-76(15,16)68(117)86-41-58(108)89-52(38-44(6)7)63(112)98-80(23,24)74(123)102-36-30-31-54(102)65(114)90-53(39-45(8)9)64(113)97-79(21,22)71(120)101-81(25,28-2)72(121)91-50(32-34-55(83)105)61(110)88-49(42-103)37-43(4)5/h43-47,49-54,59,103H,27-42H2,1-26H3,(H2,83,105)(H2,84,106)(H,85,116)(H,86,117)(H,87,107)(H,88,110)(H,89,108)(H,90,114)(H,91,121)(H,92,122)(H,93,118)(H,94,104)(H,95,109)(H,96,111)(H,97,113)(H,98,112)(H,99,115)(H,100,119)(H,101,120)/t46-,47-,49-,50-,51-,52-,53-,54-,59-,81+,82+/m0/s1. The number of hydrogen-bond acceptors (Lipinski definition) is 21. The second-order valence-electron chi connectivity index (χ2n) is 36.8. The molecule has 0 radical (unpaired) electrons. The van der Waals surface area contributed by atoms with Gasteiger partial charge < -0.3 is 112 Å². The number of primary amides is 2. The first-order valence-electron chi connectivity index (χ1n) is 42.0. The molecule has 0 aromatic rings. The van der Waals surface area contributed by atoms with Crippen LogP contribution in [0.1, 0.15) is 257 Å². The number of rotatable bonds is 51. The Bertz CT molecular complexity index is 3840. The number of hydrogen-bond donors (Lipinski definition) is 20. The second kappa shape index (κ2) is 47.3. The maximum Gasteiger partial charge on any atom is 0.248 e. The van der Waals surface area contributed by atoms with Gasteiger partial charge in [0.25, 0.3) is 0 Å². The molecular formula is C82H144N20O21. The average molecular weight is 1750 g/mol. The third-order valence-corrected chi connectivity index (χ3v) is 21.0. The van der Waals surface area contributed by atoms with Crippen LogP contribution in [0.4, 0.5) is 0 Å². The van der Waals surface area contributed by atoms with Crippen molar-refractivity contribution in [3.8, 4) is 0 Å². The number of aliphatic hydroxyl groups is 1. The molecule has 1 aliphatic heterocycles. The third-order valence-electron chi connectivity index (χ3n) is 21.0. The lowest BCUT2D eigenvalue weighted by Crippen LogP contribution is -2.67. The Kier molecular flexibility index (Phi) is 42.4. The van der Waals surface area contributed by atoms with Crippen molar-refractivity contribution in [3.05, 3.63) is 0 Å². The third kappa shape index (κ3) is 35.6. The van der Waals surface area contributed by atoms with Crippen LogP contribution in [0.2, 0.25) is 0 Å². The number of nitrogens with zero attached hydrogens (tertiary/aromatic N) is 1. The van der Waals surface area contributed by atoms with Crippen LogP contribution in [0.25, 0.3) is 0 Å². The van der Waals surface area contributed by atoms with E-state index in [9.17, 15) is 101 Å². The summed E-state index contributed by atoms with van der Waals surface area (Å²) in [5.41, 5.74) is -2.95. The molecule has 1 saturated heterocycles. The number of amides is 20. The molecular weight excluding hydrogens is 1600 g/mol. The highest BCUT2D eigenvalue weighted by Crippen LogP contribution is 2.25. The van der Waals surface area contributed by atoms with Crippen LogP contribution in [0, 0.1) is 23.7 Å². The first-order chi connectivity index (χ1) is 56.2. The largest absolute Gasteiger partial charge is 0.394 e. The topological polar surface area (TPSA) is 621 Å². The summed E-state index contributed by atoms with van der Waals surface area (Å²) in [7, 11) is 0. The molecule has 1 fully saturated rings. The monoisotopic (exact) mass is 1750 g/mol. The molecule has 0 unspecified atom stereocenters. The number of nitrogens with two attached hydrogens (primary N) is 2. The fourth-order valence-corrected chi connectivity index (χ4v) is 12.7. The highest BCUT2D eigenvalue weighted by molar-refractivity contribution is 6.04. The molecule has 0 aliphatic carbocycles. The van der Waals surface area contributed by atoms with Gasteiger partial charge in [0, 0.05) is 26.3 Å². The summed E-state index contributed by atoms with van der Waals surface area (Å²) < 4.78 is 0. The molecule has 41 heteroatoms. The van der Waals surface area contributed by atoms with Crippen molar-refractivity contribution >= 4 is 118 Å². The molecule has 1 heterocycles. The van der Waals surface area contributed by atoms with Crippen molar-refractivity contribution in [3.63, 3.8) is 0 Å². The number of aliphatic hydroxyl groups excluding tert-OH is 1. The lowest BCUT2D eigenvalue weighted by atomic mass is 9.93. The summed E-state index contributed by atoms with van der Waals surface area (Å²) in [5, 5.41) is 53.7. The van der Waals surface area contributed by atoms with Gasteiger partial charge >= 0.3 is 0 Å². The van der Waals surface area contributed by atoms with Crippen LogP contribution in [0.5, 0.6) is 0 Å². The molecule has 0 bridgehead atoms. The predicted molar refractivity (Wildman–Crippen MR) is 454 cm³/mol. The van der Waals surface area contributed by atoms with Gasteiger partial charge in [-0.2, -0.15) is 0 Å². The fraction of sp³-hybridized carbons (Fsp3) is 0.756. The minimum atomic E-state index is -1.89. The summed E-state index contributed by atoms with van der Waals surface area (Å²) in [4.78, 5) is 273. The van der Waals surface area contributed by atoms with E-state index in [0.29, 0.717) is 12.8 Å². The number of carbonyl (C=O) groups is 20. The molecule has 11 atom stereocenters. The molecule has 1 rings (SSSR count). The lowest BCUT2D eigenvalue weighted by Gasteiger charge is -2.36. The SMILES string of the molecule is CC[C@H](C)[C@H](NC(=O)C(C)(C)NC(=O)[C@H](CCC(N)=O)NC(=O)[C@@](C)(CC)NC(=O)C(C)(C)NC(=O)[C@H](C)NC(=O)CNC(=O)C(C)(C)NC(C)=O)C(=O)NC(C)(C)C(=O)NCC(=O)N[C@@H](CC(C)C)C(=O)NC(C)(C)C(=O)N1CCC[C@H]1C(=O)N[C@@H](CC(C)C)C(=O)NC(C)(C)C(=O)N[C@](C)(CC)C(=O)N[C@@H](CCC(N)=O)C(=O)N[C@H](CO)CC(C)C. The molecule has 41 nitrogen and oxygen atoms in total. The molecule has 0 aromatic carbocycles. The number of nitrogens with one attached hydrogen (secondary N) is 17. The molecule has 123 heavy (non-hydrogen) atoms. The maximum absolute atomic E-state index is 14.6. The van der Waals surface area contributed by atoms with Gasteiger partial charge in [-0.15, -0.1) is 0 Å². The summed E-state index contributed by atoms with van der Waals surface area (Å²) in [6.07, 6.45) is -0.148. The van der Waals surface area contributed by atoms with Crippen molar-refractivity contribution in [1.82, 2.24) is 95.3 Å². The van der Waals surface area contributed by atoms with E-state index in [2.05, 4.69) is 90.4 Å². The van der Waals surface area contributed by atoms with Crippen LogP contribution in [0.3, 0.4) is 0 Å². The quantitative estimate of drug-likeness (QED) is 0.0294. The van der Waals surface area contributed by atoms with Crippen LogP contribution in [-0.4, -0.2) is 247 Å². The summed E-state index contributed by atoms with van der Waals surface area (Å²) in [6, 6.07) is -9.88. The molecule has 1 aliphatic rings. The highest BCUT2D eigenvalue weighted by atomic mass is 16.3. The molecule has 22 N–H and O–H groups in total. The second-order valence-corrected chi connectivity index (χ2v) is 36.8. The minimum Gasteiger partial charge on any atom is -0.394 e. The number of carbonyl (C=O) groups excluding carboxylic acids is 20. The molecule has 0 aromatic heterocycles. The van der Waals surface area contributed by atoms with Crippen LogP contribution < -0.4 is 102 Å². The number of likely N-dealkylation sites (tertiary alicyclic amines) is 1. The van der Waals surface area contributed by atoms with E-state index >= 15 is 0 Å². The predicted octanol–water partition coefficient (Wildman–Crippen LogP) is -2.71. The maximum atomic E-state index is 14.6. The van der Waals surface area contributed by atoms with Gasteiger partial charge in [0.15, 0.2) is 0 Å². The fourth-order valence-electron chi connectivity index (χ4n) is 12.7. The lowest BCUT2D eigenvalue weighted by molar-refractivity contribution is -0.145. The van der Waals surface area contributed by atoms with E-state index in [1.165, 1.54) is 123 Å². The van der Waals surface area contributed by atoms with Gasteiger partial charge in [0.1, 0.15) is 86.6 Å². The Morgan fingerprint density at radius 3 is 1.18 bits per heavy atom. The van der Waals surface area contributed by atoms with E-state index in [1.807, 2.05) is 13.8 Å².